The highest BCUT2D eigenvalue weighted by molar-refractivity contribution is 5.94. The predicted octanol–water partition coefficient (Wildman–Crippen LogP) is 1.40. The zero-order valence-corrected chi connectivity index (χ0v) is 16.3. The molecule has 7 heteroatoms. The highest BCUT2D eigenvalue weighted by atomic mass is 16.6. The molecule has 1 unspecified atom stereocenters. The fourth-order valence-electron chi connectivity index (χ4n) is 3.52. The zero-order valence-electron chi connectivity index (χ0n) is 16.3. The highest BCUT2D eigenvalue weighted by Crippen LogP contribution is 2.30. The number of hydrogen-bond acceptors (Lipinski definition) is 5. The van der Waals surface area contributed by atoms with Gasteiger partial charge < -0.3 is 19.7 Å². The summed E-state index contributed by atoms with van der Waals surface area (Å²) in [5.41, 5.74) is 0.704. The minimum absolute atomic E-state index is 0.0458. The third-order valence-corrected chi connectivity index (χ3v) is 5.14. The first kappa shape index (κ1) is 19.3. The number of para-hydroxylation sites is 2. The van der Waals surface area contributed by atoms with Crippen LogP contribution in [0.4, 0.5) is 0 Å². The minimum Gasteiger partial charge on any atom is -0.486 e. The number of ether oxygens (including phenoxy) is 2. The number of carbonyl (C=O) groups excluding carboxylic acids is 2. The van der Waals surface area contributed by atoms with Crippen LogP contribution in [0.25, 0.3) is 0 Å². The molecule has 0 aliphatic carbocycles. The van der Waals surface area contributed by atoms with E-state index in [1.807, 2.05) is 59.5 Å². The van der Waals surface area contributed by atoms with Gasteiger partial charge in [-0.1, -0.05) is 30.3 Å². The second-order valence-corrected chi connectivity index (χ2v) is 7.24. The van der Waals surface area contributed by atoms with E-state index in [1.165, 1.54) is 0 Å². The fourth-order valence-corrected chi connectivity index (χ4v) is 3.52. The average Bonchev–Trinajstić information content (AvgIpc) is 2.78. The first-order valence-electron chi connectivity index (χ1n) is 9.91. The third-order valence-electron chi connectivity index (χ3n) is 5.14. The molecule has 2 aliphatic rings. The van der Waals surface area contributed by atoms with Crippen LogP contribution in [-0.4, -0.2) is 73.6 Å². The molecule has 7 nitrogen and oxygen atoms in total. The summed E-state index contributed by atoms with van der Waals surface area (Å²) < 4.78 is 11.5. The Hall–Kier alpha value is -3.06. The molecular weight excluding hydrogens is 370 g/mol. The topological polar surface area (TPSA) is 71.1 Å². The van der Waals surface area contributed by atoms with Crippen molar-refractivity contribution in [2.24, 2.45) is 0 Å². The van der Waals surface area contributed by atoms with Crippen LogP contribution in [0.1, 0.15) is 10.4 Å². The largest absolute Gasteiger partial charge is 0.486 e. The van der Waals surface area contributed by atoms with E-state index in [9.17, 15) is 9.59 Å². The SMILES string of the molecule is O=C(CN1CCN(C(=O)c2ccccc2)CC1)NCC1COc2ccccc2O1. The molecule has 0 bridgehead atoms. The molecule has 0 aromatic heterocycles. The summed E-state index contributed by atoms with van der Waals surface area (Å²) in [7, 11) is 0. The molecule has 4 rings (SSSR count). The molecule has 2 aliphatic heterocycles. The average molecular weight is 395 g/mol. The lowest BCUT2D eigenvalue weighted by molar-refractivity contribution is -0.123. The van der Waals surface area contributed by atoms with E-state index < -0.39 is 0 Å². The van der Waals surface area contributed by atoms with Gasteiger partial charge in [-0.3, -0.25) is 14.5 Å². The second kappa shape index (κ2) is 8.96. The molecule has 152 valence electrons. The second-order valence-electron chi connectivity index (χ2n) is 7.24. The van der Waals surface area contributed by atoms with E-state index in [4.69, 9.17) is 9.47 Å². The number of benzene rings is 2. The molecule has 2 aromatic carbocycles. The van der Waals surface area contributed by atoms with Gasteiger partial charge in [-0.25, -0.2) is 0 Å². The number of nitrogens with one attached hydrogen (secondary N) is 1. The Kier molecular flexibility index (Phi) is 5.95. The monoisotopic (exact) mass is 395 g/mol. The first-order valence-corrected chi connectivity index (χ1v) is 9.91. The summed E-state index contributed by atoms with van der Waals surface area (Å²) in [5.74, 6) is 1.44. The van der Waals surface area contributed by atoms with E-state index in [2.05, 4.69) is 10.2 Å². The van der Waals surface area contributed by atoms with Crippen molar-refractivity contribution in [1.82, 2.24) is 15.1 Å². The predicted molar refractivity (Wildman–Crippen MR) is 108 cm³/mol. The summed E-state index contributed by atoms with van der Waals surface area (Å²) in [6.45, 7) is 3.74. The van der Waals surface area contributed by atoms with Gasteiger partial charge in [-0.05, 0) is 24.3 Å². The number of amides is 2. The summed E-state index contributed by atoms with van der Waals surface area (Å²) >= 11 is 0. The molecular formula is C22H25N3O4. The summed E-state index contributed by atoms with van der Waals surface area (Å²) in [6, 6.07) is 16.8. The quantitative estimate of drug-likeness (QED) is 0.829. The smallest absolute Gasteiger partial charge is 0.253 e. The van der Waals surface area contributed by atoms with Crippen molar-refractivity contribution in [3.63, 3.8) is 0 Å². The van der Waals surface area contributed by atoms with Gasteiger partial charge in [0, 0.05) is 31.7 Å². The Labute approximate surface area is 170 Å². The van der Waals surface area contributed by atoms with E-state index in [0.717, 1.165) is 5.75 Å². The van der Waals surface area contributed by atoms with Crippen molar-refractivity contribution in [3.05, 3.63) is 60.2 Å². The van der Waals surface area contributed by atoms with Crippen molar-refractivity contribution in [1.29, 1.82) is 0 Å². The molecule has 1 N–H and O–H groups in total. The van der Waals surface area contributed by atoms with Gasteiger partial charge in [0.25, 0.3) is 5.91 Å². The molecule has 1 fully saturated rings. The summed E-state index contributed by atoms with van der Waals surface area (Å²) in [4.78, 5) is 28.7. The van der Waals surface area contributed by atoms with Crippen LogP contribution in [0.3, 0.4) is 0 Å². The van der Waals surface area contributed by atoms with E-state index in [1.54, 1.807) is 0 Å². The van der Waals surface area contributed by atoms with Crippen LogP contribution < -0.4 is 14.8 Å². The Bertz CT molecular complexity index is 850. The minimum atomic E-state index is -0.200. The van der Waals surface area contributed by atoms with Crippen molar-refractivity contribution in [2.75, 3.05) is 45.9 Å². The molecule has 0 radical (unpaired) electrons. The lowest BCUT2D eigenvalue weighted by atomic mass is 10.2. The van der Waals surface area contributed by atoms with Gasteiger partial charge in [-0.2, -0.15) is 0 Å². The van der Waals surface area contributed by atoms with E-state index in [0.29, 0.717) is 57.2 Å². The Balaban J connectivity index is 1.18. The highest BCUT2D eigenvalue weighted by Gasteiger charge is 2.24. The van der Waals surface area contributed by atoms with Crippen LogP contribution in [0.2, 0.25) is 0 Å². The van der Waals surface area contributed by atoms with Crippen molar-refractivity contribution < 1.29 is 19.1 Å². The fraction of sp³-hybridized carbons (Fsp3) is 0.364. The number of rotatable bonds is 5. The molecule has 0 spiro atoms. The lowest BCUT2D eigenvalue weighted by Gasteiger charge is -2.34. The number of piperazine rings is 1. The van der Waals surface area contributed by atoms with Crippen molar-refractivity contribution in [2.45, 2.75) is 6.10 Å². The van der Waals surface area contributed by atoms with Crippen molar-refractivity contribution >= 4 is 11.8 Å². The molecule has 2 heterocycles. The van der Waals surface area contributed by atoms with Gasteiger partial charge in [0.15, 0.2) is 11.5 Å². The van der Waals surface area contributed by atoms with Crippen LogP contribution in [0.15, 0.2) is 54.6 Å². The maximum absolute atomic E-state index is 12.5. The molecule has 0 saturated carbocycles. The van der Waals surface area contributed by atoms with Crippen LogP contribution in [-0.2, 0) is 4.79 Å². The third kappa shape index (κ3) is 4.86. The van der Waals surface area contributed by atoms with Crippen molar-refractivity contribution in [3.8, 4) is 11.5 Å². The van der Waals surface area contributed by atoms with E-state index in [-0.39, 0.29) is 17.9 Å². The van der Waals surface area contributed by atoms with Crippen LogP contribution in [0.5, 0.6) is 11.5 Å². The van der Waals surface area contributed by atoms with Gasteiger partial charge in [0.05, 0.1) is 13.1 Å². The Morgan fingerprint density at radius 1 is 0.931 bits per heavy atom. The van der Waals surface area contributed by atoms with Gasteiger partial charge in [0.2, 0.25) is 5.91 Å². The summed E-state index contributed by atoms with van der Waals surface area (Å²) in [6.07, 6.45) is -0.200. The number of nitrogens with zero attached hydrogens (tertiary/aromatic N) is 2. The van der Waals surface area contributed by atoms with Gasteiger partial charge in [-0.15, -0.1) is 0 Å². The lowest BCUT2D eigenvalue weighted by Crippen LogP contribution is -2.52. The van der Waals surface area contributed by atoms with E-state index >= 15 is 0 Å². The molecule has 29 heavy (non-hydrogen) atoms. The molecule has 1 saturated heterocycles. The number of fused-ring (bicyclic) bond motifs is 1. The maximum Gasteiger partial charge on any atom is 0.253 e. The molecule has 2 aromatic rings. The Morgan fingerprint density at radius 2 is 1.62 bits per heavy atom. The summed E-state index contributed by atoms with van der Waals surface area (Å²) in [5, 5.41) is 2.92. The Morgan fingerprint density at radius 3 is 2.38 bits per heavy atom. The standard InChI is InChI=1S/C22H25N3O4/c26-21(23-14-18-16-28-19-8-4-5-9-20(19)29-18)15-24-10-12-25(13-11-24)22(27)17-6-2-1-3-7-17/h1-9,18H,10-16H2,(H,23,26). The maximum atomic E-state index is 12.5. The first-order chi connectivity index (χ1) is 14.2. The zero-order chi connectivity index (χ0) is 20.1. The number of hydrogen-bond donors (Lipinski definition) is 1. The van der Waals surface area contributed by atoms with Crippen LogP contribution in [0, 0.1) is 0 Å². The van der Waals surface area contributed by atoms with Crippen LogP contribution >= 0.6 is 0 Å². The molecule has 1 atom stereocenters. The number of carbonyl (C=O) groups is 2. The van der Waals surface area contributed by atoms with Gasteiger partial charge >= 0.3 is 0 Å². The van der Waals surface area contributed by atoms with Gasteiger partial charge in [0.1, 0.15) is 12.7 Å². The molecule has 2 amide bonds. The normalized spacial score (nSPS) is 18.9.